The van der Waals surface area contributed by atoms with Gasteiger partial charge >= 0.3 is 6.18 Å². The van der Waals surface area contributed by atoms with Crippen molar-refractivity contribution in [2.24, 2.45) is 5.92 Å². The molecule has 7 nitrogen and oxygen atoms in total. The molecule has 1 N–H and O–H groups in total. The minimum Gasteiger partial charge on any atom is -0.326 e. The number of carbonyl (C=O) groups excluding carboxylic acids is 1. The molecule has 1 atom stereocenters. The summed E-state index contributed by atoms with van der Waals surface area (Å²) in [5, 5.41) is 17.1. The summed E-state index contributed by atoms with van der Waals surface area (Å²) in [6, 6.07) is 5.11. The summed E-state index contributed by atoms with van der Waals surface area (Å²) >= 11 is 0. The molecule has 1 aromatic heterocycles. The maximum atomic E-state index is 13.0. The van der Waals surface area contributed by atoms with Crippen LogP contribution in [0.15, 0.2) is 24.3 Å². The van der Waals surface area contributed by atoms with Gasteiger partial charge in [0.1, 0.15) is 0 Å². The van der Waals surface area contributed by atoms with Crippen molar-refractivity contribution in [3.63, 3.8) is 0 Å². The Kier molecular flexibility index (Phi) is 5.14. The number of rotatable bonds is 6. The molecule has 3 rings (SSSR count). The highest BCUT2D eigenvalue weighted by molar-refractivity contribution is 5.93. The number of alkyl halides is 3. The summed E-state index contributed by atoms with van der Waals surface area (Å²) in [5.41, 5.74) is 0.397. The second kappa shape index (κ2) is 7.25. The van der Waals surface area contributed by atoms with Crippen LogP contribution in [0.4, 0.5) is 24.5 Å². The van der Waals surface area contributed by atoms with Crippen molar-refractivity contribution in [3.8, 4) is 0 Å². The quantitative estimate of drug-likeness (QED) is 0.583. The van der Waals surface area contributed by atoms with Crippen LogP contribution in [-0.4, -0.2) is 20.6 Å². The molecule has 1 saturated carbocycles. The van der Waals surface area contributed by atoms with E-state index in [4.69, 9.17) is 0 Å². The Balaban J connectivity index is 1.73. The highest BCUT2D eigenvalue weighted by atomic mass is 19.4. The molecule has 150 valence electrons. The number of hydrogen-bond donors (Lipinski definition) is 1. The molecule has 1 fully saturated rings. The van der Waals surface area contributed by atoms with E-state index in [0.717, 1.165) is 18.9 Å². The van der Waals surface area contributed by atoms with Gasteiger partial charge in [0, 0.05) is 29.4 Å². The van der Waals surface area contributed by atoms with Gasteiger partial charge < -0.3 is 5.32 Å². The molecule has 0 bridgehead atoms. The van der Waals surface area contributed by atoms with E-state index in [1.165, 1.54) is 22.9 Å². The fourth-order valence-electron chi connectivity index (χ4n) is 2.92. The lowest BCUT2D eigenvalue weighted by molar-refractivity contribution is -0.384. The zero-order valence-corrected chi connectivity index (χ0v) is 15.3. The molecule has 0 spiro atoms. The normalized spacial score (nSPS) is 15.3. The SMILES string of the molecule is Cc1cc([N+](=O)[O-])ccc1NC(=O)C(C)Cn1nc(C(F)(F)F)cc1C1CC1. The van der Waals surface area contributed by atoms with Gasteiger partial charge in [-0.05, 0) is 37.5 Å². The summed E-state index contributed by atoms with van der Waals surface area (Å²) in [5.74, 6) is -0.994. The Morgan fingerprint density at radius 1 is 1.39 bits per heavy atom. The van der Waals surface area contributed by atoms with E-state index in [2.05, 4.69) is 10.4 Å². The number of nitro groups is 1. The minimum absolute atomic E-state index is 0.0137. The third-order valence-electron chi connectivity index (χ3n) is 4.67. The molecule has 10 heteroatoms. The monoisotopic (exact) mass is 396 g/mol. The summed E-state index contributed by atoms with van der Waals surface area (Å²) in [6.07, 6.45) is -2.91. The number of nitrogens with one attached hydrogen (secondary N) is 1. The van der Waals surface area contributed by atoms with Crippen LogP contribution in [-0.2, 0) is 17.5 Å². The molecule has 1 heterocycles. The van der Waals surface area contributed by atoms with E-state index in [1.807, 2.05) is 0 Å². The fourth-order valence-corrected chi connectivity index (χ4v) is 2.92. The number of anilines is 1. The maximum absolute atomic E-state index is 13.0. The van der Waals surface area contributed by atoms with Gasteiger partial charge in [-0.15, -0.1) is 0 Å². The fraction of sp³-hybridized carbons (Fsp3) is 0.444. The van der Waals surface area contributed by atoms with Crippen LogP contribution in [0.25, 0.3) is 0 Å². The number of aromatic nitrogens is 2. The van der Waals surface area contributed by atoms with Crippen LogP contribution in [0.5, 0.6) is 0 Å². The predicted octanol–water partition coefficient (Wildman–Crippen LogP) is 4.27. The highest BCUT2D eigenvalue weighted by Gasteiger charge is 2.38. The molecular formula is C18H19F3N4O3. The first-order valence-electron chi connectivity index (χ1n) is 8.77. The van der Waals surface area contributed by atoms with Crippen molar-refractivity contribution >= 4 is 17.3 Å². The molecule has 1 aliphatic rings. The lowest BCUT2D eigenvalue weighted by atomic mass is 10.1. The number of nitro benzene ring substituents is 1. The van der Waals surface area contributed by atoms with E-state index >= 15 is 0 Å². The first kappa shape index (κ1) is 19.8. The van der Waals surface area contributed by atoms with E-state index < -0.39 is 28.6 Å². The summed E-state index contributed by atoms with van der Waals surface area (Å²) in [4.78, 5) is 22.7. The molecular weight excluding hydrogens is 377 g/mol. The smallest absolute Gasteiger partial charge is 0.326 e. The number of benzene rings is 1. The first-order valence-corrected chi connectivity index (χ1v) is 8.77. The van der Waals surface area contributed by atoms with Crippen LogP contribution in [0, 0.1) is 23.0 Å². The molecule has 2 aromatic rings. The number of carbonyl (C=O) groups is 1. The number of amides is 1. The van der Waals surface area contributed by atoms with Crippen molar-refractivity contribution in [2.75, 3.05) is 5.32 Å². The van der Waals surface area contributed by atoms with Gasteiger partial charge in [-0.3, -0.25) is 19.6 Å². The molecule has 28 heavy (non-hydrogen) atoms. The van der Waals surface area contributed by atoms with Crippen molar-refractivity contribution in [3.05, 3.63) is 51.3 Å². The summed E-state index contributed by atoms with van der Waals surface area (Å²) in [6.45, 7) is 3.24. The van der Waals surface area contributed by atoms with Gasteiger partial charge in [0.05, 0.1) is 17.4 Å². The molecule has 0 saturated heterocycles. The lowest BCUT2D eigenvalue weighted by Crippen LogP contribution is -2.26. The molecule has 1 aliphatic carbocycles. The average molecular weight is 396 g/mol. The molecule has 1 aromatic carbocycles. The van der Waals surface area contributed by atoms with Gasteiger partial charge in [-0.25, -0.2) is 0 Å². The van der Waals surface area contributed by atoms with Gasteiger partial charge in [0.2, 0.25) is 5.91 Å². The number of hydrogen-bond acceptors (Lipinski definition) is 4. The van der Waals surface area contributed by atoms with Gasteiger partial charge in [0.15, 0.2) is 5.69 Å². The molecule has 1 amide bonds. The van der Waals surface area contributed by atoms with E-state index in [-0.39, 0.29) is 18.2 Å². The molecule has 1 unspecified atom stereocenters. The van der Waals surface area contributed by atoms with Gasteiger partial charge in [-0.2, -0.15) is 18.3 Å². The standard InChI is InChI=1S/C18H19F3N4O3/c1-10-7-13(25(27)28)5-6-14(10)22-17(26)11(2)9-24-15(12-3-4-12)8-16(23-24)18(19,20)21/h5-8,11-12H,3-4,9H2,1-2H3,(H,22,26). The lowest BCUT2D eigenvalue weighted by Gasteiger charge is -2.15. The third kappa shape index (κ3) is 4.32. The zero-order valence-electron chi connectivity index (χ0n) is 15.3. The van der Waals surface area contributed by atoms with E-state index in [0.29, 0.717) is 16.9 Å². The Morgan fingerprint density at radius 2 is 2.07 bits per heavy atom. The van der Waals surface area contributed by atoms with Crippen LogP contribution in [0.3, 0.4) is 0 Å². The summed E-state index contributed by atoms with van der Waals surface area (Å²) < 4.78 is 40.2. The first-order chi connectivity index (χ1) is 13.1. The zero-order chi connectivity index (χ0) is 20.6. The van der Waals surface area contributed by atoms with E-state index in [1.54, 1.807) is 13.8 Å². The topological polar surface area (TPSA) is 90.1 Å². The third-order valence-corrected chi connectivity index (χ3v) is 4.67. The minimum atomic E-state index is -4.53. The van der Waals surface area contributed by atoms with Crippen molar-refractivity contribution < 1.29 is 22.9 Å². The number of nitrogens with zero attached hydrogens (tertiary/aromatic N) is 3. The molecule has 0 radical (unpaired) electrons. The summed E-state index contributed by atoms with van der Waals surface area (Å²) in [7, 11) is 0. The van der Waals surface area contributed by atoms with Crippen molar-refractivity contribution in [1.82, 2.24) is 9.78 Å². The second-order valence-electron chi connectivity index (χ2n) is 7.06. The number of aryl methyl sites for hydroxylation is 1. The van der Waals surface area contributed by atoms with Crippen LogP contribution in [0.1, 0.15) is 42.6 Å². The van der Waals surface area contributed by atoms with Gasteiger partial charge in [-0.1, -0.05) is 6.92 Å². The predicted molar refractivity (Wildman–Crippen MR) is 94.8 cm³/mol. The van der Waals surface area contributed by atoms with Crippen molar-refractivity contribution in [1.29, 1.82) is 0 Å². The average Bonchev–Trinajstić information content (AvgIpc) is 3.35. The maximum Gasteiger partial charge on any atom is 0.435 e. The number of halogens is 3. The number of non-ortho nitro benzene ring substituents is 1. The largest absolute Gasteiger partial charge is 0.435 e. The Labute approximate surface area is 158 Å². The van der Waals surface area contributed by atoms with Crippen LogP contribution < -0.4 is 5.32 Å². The molecule has 0 aliphatic heterocycles. The van der Waals surface area contributed by atoms with Crippen molar-refractivity contribution in [2.45, 2.75) is 45.3 Å². The van der Waals surface area contributed by atoms with Crippen LogP contribution in [0.2, 0.25) is 0 Å². The Hall–Kier alpha value is -2.91. The Bertz CT molecular complexity index is 919. The highest BCUT2D eigenvalue weighted by Crippen LogP contribution is 2.42. The van der Waals surface area contributed by atoms with Crippen LogP contribution >= 0.6 is 0 Å². The second-order valence-corrected chi connectivity index (χ2v) is 7.06. The van der Waals surface area contributed by atoms with E-state index in [9.17, 15) is 28.1 Å². The van der Waals surface area contributed by atoms with Gasteiger partial charge in [0.25, 0.3) is 5.69 Å². The Morgan fingerprint density at radius 3 is 2.61 bits per heavy atom.